The lowest BCUT2D eigenvalue weighted by Gasteiger charge is -2.39. The van der Waals surface area contributed by atoms with Crippen LogP contribution in [-0.4, -0.2) is 24.5 Å². The van der Waals surface area contributed by atoms with Crippen molar-refractivity contribution in [1.82, 2.24) is 4.31 Å². The monoisotopic (exact) mass is 291 g/mol. The van der Waals surface area contributed by atoms with Gasteiger partial charge in [0.1, 0.15) is 0 Å². The second-order valence-corrected chi connectivity index (χ2v) is 8.77. The highest BCUT2D eigenvalue weighted by Crippen LogP contribution is 2.50. The smallest absolute Gasteiger partial charge is 0.212 e. The first kappa shape index (κ1) is 12.8. The van der Waals surface area contributed by atoms with Gasteiger partial charge >= 0.3 is 0 Å². The Morgan fingerprint density at radius 3 is 2.45 bits per heavy atom. The minimum Gasteiger partial charge on any atom is -0.212 e. The van der Waals surface area contributed by atoms with Crippen molar-refractivity contribution < 1.29 is 8.42 Å². The summed E-state index contributed by atoms with van der Waals surface area (Å²) in [4.78, 5) is 0. The molecule has 108 valence electrons. The van der Waals surface area contributed by atoms with Crippen LogP contribution >= 0.6 is 0 Å². The summed E-state index contributed by atoms with van der Waals surface area (Å²) in [7, 11) is -3.08. The molecule has 1 aromatic carbocycles. The van der Waals surface area contributed by atoms with Gasteiger partial charge in [0.05, 0.1) is 11.3 Å². The van der Waals surface area contributed by atoms with Crippen LogP contribution in [-0.2, 0) is 10.0 Å². The van der Waals surface area contributed by atoms with Gasteiger partial charge in [-0.25, -0.2) is 8.42 Å². The lowest BCUT2D eigenvalue weighted by molar-refractivity contribution is 0.177. The molecule has 3 nitrogen and oxygen atoms in total. The van der Waals surface area contributed by atoms with E-state index in [9.17, 15) is 8.42 Å². The zero-order chi connectivity index (χ0) is 13.7. The highest BCUT2D eigenvalue weighted by atomic mass is 32.2. The maximum atomic E-state index is 12.8. The lowest BCUT2D eigenvalue weighted by atomic mass is 9.88. The predicted molar refractivity (Wildman–Crippen MR) is 78.7 cm³/mol. The van der Waals surface area contributed by atoms with E-state index in [-0.39, 0.29) is 11.3 Å². The third kappa shape index (κ3) is 2.01. The summed E-state index contributed by atoms with van der Waals surface area (Å²) in [5, 5.41) is -0.0915. The summed E-state index contributed by atoms with van der Waals surface area (Å²) in [5.41, 5.74) is 1.18. The molecule has 0 unspecified atom stereocenters. The fourth-order valence-electron chi connectivity index (χ4n) is 4.08. The zero-order valence-electron chi connectivity index (χ0n) is 11.6. The molecule has 0 radical (unpaired) electrons. The topological polar surface area (TPSA) is 37.4 Å². The Labute approximate surface area is 121 Å². The van der Waals surface area contributed by atoms with Crippen molar-refractivity contribution in [1.29, 1.82) is 0 Å². The average Bonchev–Trinajstić information content (AvgIpc) is 3.25. The van der Waals surface area contributed by atoms with Crippen LogP contribution in [0, 0.1) is 11.8 Å². The first-order valence-corrected chi connectivity index (χ1v) is 9.22. The Bertz CT molecular complexity index is 594. The normalized spacial score (nSPS) is 34.3. The van der Waals surface area contributed by atoms with Gasteiger partial charge in [0, 0.05) is 6.54 Å². The van der Waals surface area contributed by atoms with Crippen molar-refractivity contribution in [2.45, 2.75) is 43.4 Å². The summed E-state index contributed by atoms with van der Waals surface area (Å²) in [5.74, 6) is 1.11. The van der Waals surface area contributed by atoms with Gasteiger partial charge in [0.25, 0.3) is 0 Å². The fraction of sp³-hybridized carbons (Fsp3) is 0.625. The number of fused-ring (bicyclic) bond motifs is 2. The standard InChI is InChI=1S/C16H21NO2S/c18-20(19,15-8-9-15)17-11-12-6-7-14(10-12)16(17)13-4-2-1-3-5-13/h1-5,12,14-16H,6-11H2/t12-,14-,16-/m0/s1. The van der Waals surface area contributed by atoms with Gasteiger partial charge in [-0.3, -0.25) is 0 Å². The van der Waals surface area contributed by atoms with Gasteiger partial charge < -0.3 is 0 Å². The molecule has 20 heavy (non-hydrogen) atoms. The molecule has 2 bridgehead atoms. The summed E-state index contributed by atoms with van der Waals surface area (Å²) < 4.78 is 27.4. The summed E-state index contributed by atoms with van der Waals surface area (Å²) in [6.45, 7) is 0.745. The van der Waals surface area contributed by atoms with Crippen molar-refractivity contribution in [2.24, 2.45) is 11.8 Å². The van der Waals surface area contributed by atoms with Gasteiger partial charge in [-0.05, 0) is 49.5 Å². The Morgan fingerprint density at radius 1 is 1.00 bits per heavy atom. The summed E-state index contributed by atoms with van der Waals surface area (Å²) in [6, 6.07) is 10.3. The van der Waals surface area contributed by atoms with Crippen LogP contribution in [0.25, 0.3) is 0 Å². The maximum Gasteiger partial charge on any atom is 0.217 e. The largest absolute Gasteiger partial charge is 0.217 e. The maximum absolute atomic E-state index is 12.8. The van der Waals surface area contributed by atoms with E-state index in [1.807, 2.05) is 22.5 Å². The molecular weight excluding hydrogens is 270 g/mol. The van der Waals surface area contributed by atoms with E-state index in [1.165, 1.54) is 24.8 Å². The number of piperidine rings is 1. The molecule has 0 N–H and O–H groups in total. The fourth-order valence-corrected chi connectivity index (χ4v) is 6.22. The molecule has 1 saturated heterocycles. The molecule has 0 spiro atoms. The summed E-state index contributed by atoms with van der Waals surface area (Å²) in [6.07, 6.45) is 5.30. The molecule has 1 aromatic rings. The molecule has 4 rings (SSSR count). The van der Waals surface area contributed by atoms with Crippen molar-refractivity contribution >= 4 is 10.0 Å². The van der Waals surface area contributed by atoms with Crippen molar-refractivity contribution in [2.75, 3.05) is 6.54 Å². The highest BCUT2D eigenvalue weighted by molar-refractivity contribution is 7.90. The molecule has 3 fully saturated rings. The van der Waals surface area contributed by atoms with E-state index in [0.717, 1.165) is 19.4 Å². The predicted octanol–water partition coefficient (Wildman–Crippen LogP) is 2.95. The Kier molecular flexibility index (Phi) is 2.93. The molecule has 2 aliphatic carbocycles. The number of hydrogen-bond acceptors (Lipinski definition) is 2. The quantitative estimate of drug-likeness (QED) is 0.858. The second-order valence-electron chi connectivity index (χ2n) is 6.61. The van der Waals surface area contributed by atoms with Crippen molar-refractivity contribution in [3.05, 3.63) is 35.9 Å². The highest BCUT2D eigenvalue weighted by Gasteiger charge is 2.50. The number of hydrogen-bond donors (Lipinski definition) is 0. The zero-order valence-corrected chi connectivity index (χ0v) is 12.4. The molecule has 3 atom stereocenters. The number of sulfonamides is 1. The van der Waals surface area contributed by atoms with Crippen LogP contribution in [0.4, 0.5) is 0 Å². The SMILES string of the molecule is O=S(=O)(C1CC1)N1C[C@H]2CC[C@@H](C2)[C@@H]1c1ccccc1. The lowest BCUT2D eigenvalue weighted by Crippen LogP contribution is -2.44. The Balaban J connectivity index is 1.75. The number of benzene rings is 1. The van der Waals surface area contributed by atoms with Gasteiger partial charge in [-0.15, -0.1) is 0 Å². The van der Waals surface area contributed by atoms with E-state index >= 15 is 0 Å². The molecule has 1 heterocycles. The van der Waals surface area contributed by atoms with Crippen LogP contribution < -0.4 is 0 Å². The molecule has 4 heteroatoms. The van der Waals surface area contributed by atoms with Crippen LogP contribution in [0.3, 0.4) is 0 Å². The summed E-state index contributed by atoms with van der Waals surface area (Å²) >= 11 is 0. The average molecular weight is 291 g/mol. The van der Waals surface area contributed by atoms with E-state index in [1.54, 1.807) is 0 Å². The third-order valence-corrected chi connectivity index (χ3v) is 7.53. The third-order valence-electron chi connectivity index (χ3n) is 5.19. The first-order valence-electron chi connectivity index (χ1n) is 7.72. The van der Waals surface area contributed by atoms with E-state index < -0.39 is 10.0 Å². The minimum atomic E-state index is -3.08. The van der Waals surface area contributed by atoms with Crippen molar-refractivity contribution in [3.63, 3.8) is 0 Å². The number of rotatable bonds is 3. The number of nitrogens with zero attached hydrogens (tertiary/aromatic N) is 1. The Hall–Kier alpha value is -0.870. The molecule has 3 aliphatic rings. The molecule has 2 saturated carbocycles. The molecular formula is C16H21NO2S. The molecule has 1 aliphatic heterocycles. The van der Waals surface area contributed by atoms with Crippen LogP contribution in [0.2, 0.25) is 0 Å². The van der Waals surface area contributed by atoms with Crippen LogP contribution in [0.15, 0.2) is 30.3 Å². The van der Waals surface area contributed by atoms with E-state index in [4.69, 9.17) is 0 Å². The van der Waals surface area contributed by atoms with Crippen LogP contribution in [0.5, 0.6) is 0 Å². The second kappa shape index (κ2) is 4.57. The van der Waals surface area contributed by atoms with Crippen molar-refractivity contribution in [3.8, 4) is 0 Å². The van der Waals surface area contributed by atoms with Gasteiger partial charge in [0.15, 0.2) is 0 Å². The van der Waals surface area contributed by atoms with E-state index in [0.29, 0.717) is 11.8 Å². The Morgan fingerprint density at radius 2 is 1.75 bits per heavy atom. The van der Waals surface area contributed by atoms with Gasteiger partial charge in [-0.2, -0.15) is 4.31 Å². The van der Waals surface area contributed by atoms with Gasteiger partial charge in [0.2, 0.25) is 10.0 Å². The van der Waals surface area contributed by atoms with E-state index in [2.05, 4.69) is 12.1 Å². The van der Waals surface area contributed by atoms with Crippen LogP contribution in [0.1, 0.15) is 43.7 Å². The molecule has 0 aromatic heterocycles. The first-order chi connectivity index (χ1) is 9.66. The van der Waals surface area contributed by atoms with Gasteiger partial charge in [-0.1, -0.05) is 30.3 Å². The molecule has 0 amide bonds. The minimum absolute atomic E-state index is 0.0838.